The third-order valence-corrected chi connectivity index (χ3v) is 4.20. The smallest absolute Gasteiger partial charge is 0.00154 e. The Morgan fingerprint density at radius 2 is 1.76 bits per heavy atom. The highest BCUT2D eigenvalue weighted by atomic mass is 32.2. The first-order chi connectivity index (χ1) is 7.88. The van der Waals surface area contributed by atoms with E-state index in [9.17, 15) is 0 Å². The van der Waals surface area contributed by atoms with Gasteiger partial charge in [-0.05, 0) is 54.7 Å². The van der Waals surface area contributed by atoms with Gasteiger partial charge in [0, 0.05) is 0 Å². The van der Waals surface area contributed by atoms with E-state index < -0.39 is 0 Å². The van der Waals surface area contributed by atoms with E-state index in [4.69, 9.17) is 0 Å². The van der Waals surface area contributed by atoms with Crippen molar-refractivity contribution in [1.29, 1.82) is 0 Å². The fourth-order valence-corrected chi connectivity index (χ4v) is 2.62. The van der Waals surface area contributed by atoms with E-state index in [1.54, 1.807) is 0 Å². The Hall–Kier alpha value is 0.310. The fraction of sp³-hybridized carbons (Fsp3) is 1.00. The van der Waals surface area contributed by atoms with Crippen LogP contribution < -0.4 is 5.32 Å². The summed E-state index contributed by atoms with van der Waals surface area (Å²) in [5, 5.41) is 3.63. The lowest BCUT2D eigenvalue weighted by Crippen LogP contribution is -2.33. The summed E-state index contributed by atoms with van der Waals surface area (Å²) in [5.74, 6) is 4.14. The molecule has 1 N–H and O–H groups in total. The van der Waals surface area contributed by atoms with Gasteiger partial charge in [0.05, 0.1) is 0 Å². The Balaban J connectivity index is 3.90. The van der Waals surface area contributed by atoms with Crippen LogP contribution >= 0.6 is 11.8 Å². The molecule has 2 heteroatoms. The molecule has 1 unspecified atom stereocenters. The molecule has 0 rings (SSSR count). The van der Waals surface area contributed by atoms with Gasteiger partial charge >= 0.3 is 0 Å². The fourth-order valence-electron chi connectivity index (χ4n) is 1.96. The van der Waals surface area contributed by atoms with Gasteiger partial charge in [0.2, 0.25) is 0 Å². The van der Waals surface area contributed by atoms with Gasteiger partial charge in [0.15, 0.2) is 0 Å². The topological polar surface area (TPSA) is 12.0 Å². The SMILES string of the molecule is CCSCCCC(CNCC(C)C)C(C)(C)C. The highest BCUT2D eigenvalue weighted by molar-refractivity contribution is 7.99. The summed E-state index contributed by atoms with van der Waals surface area (Å²) in [7, 11) is 0. The molecule has 104 valence electrons. The molecule has 0 aromatic heterocycles. The van der Waals surface area contributed by atoms with Gasteiger partial charge in [-0.2, -0.15) is 11.8 Å². The molecule has 0 saturated carbocycles. The van der Waals surface area contributed by atoms with E-state index in [-0.39, 0.29) is 0 Å². The van der Waals surface area contributed by atoms with Gasteiger partial charge in [-0.25, -0.2) is 0 Å². The lowest BCUT2D eigenvalue weighted by molar-refractivity contribution is 0.215. The molecular weight excluding hydrogens is 226 g/mol. The van der Waals surface area contributed by atoms with Gasteiger partial charge in [0.1, 0.15) is 0 Å². The van der Waals surface area contributed by atoms with Crippen LogP contribution in [0.25, 0.3) is 0 Å². The van der Waals surface area contributed by atoms with E-state index in [2.05, 4.69) is 58.6 Å². The van der Waals surface area contributed by atoms with E-state index in [1.165, 1.54) is 30.9 Å². The number of hydrogen-bond acceptors (Lipinski definition) is 2. The number of hydrogen-bond donors (Lipinski definition) is 1. The third-order valence-electron chi connectivity index (χ3n) is 3.21. The molecule has 0 heterocycles. The maximum Gasteiger partial charge on any atom is -0.00154 e. The Kier molecular flexibility index (Phi) is 9.44. The highest BCUT2D eigenvalue weighted by Gasteiger charge is 2.23. The largest absolute Gasteiger partial charge is 0.316 e. The van der Waals surface area contributed by atoms with Crippen LogP contribution in [0.15, 0.2) is 0 Å². The highest BCUT2D eigenvalue weighted by Crippen LogP contribution is 2.29. The van der Waals surface area contributed by atoms with E-state index in [0.29, 0.717) is 5.41 Å². The third kappa shape index (κ3) is 9.96. The summed E-state index contributed by atoms with van der Waals surface area (Å²) in [4.78, 5) is 0. The van der Waals surface area contributed by atoms with Crippen LogP contribution in [-0.2, 0) is 0 Å². The van der Waals surface area contributed by atoms with Crippen molar-refractivity contribution in [3.8, 4) is 0 Å². The van der Waals surface area contributed by atoms with Crippen LogP contribution in [0.4, 0.5) is 0 Å². The Morgan fingerprint density at radius 3 is 2.24 bits per heavy atom. The molecular formula is C15H33NS. The standard InChI is InChI=1S/C15H33NS/c1-7-17-10-8-9-14(15(4,5)6)12-16-11-13(2)3/h13-14,16H,7-12H2,1-6H3. The Morgan fingerprint density at radius 1 is 1.12 bits per heavy atom. The van der Waals surface area contributed by atoms with E-state index >= 15 is 0 Å². The van der Waals surface area contributed by atoms with Crippen molar-refractivity contribution in [3.63, 3.8) is 0 Å². The van der Waals surface area contributed by atoms with Crippen molar-refractivity contribution in [1.82, 2.24) is 5.32 Å². The van der Waals surface area contributed by atoms with Crippen molar-refractivity contribution in [2.24, 2.45) is 17.3 Å². The predicted octanol–water partition coefficient (Wildman–Crippen LogP) is 4.43. The summed E-state index contributed by atoms with van der Waals surface area (Å²) in [6.45, 7) is 16.3. The van der Waals surface area contributed by atoms with Gasteiger partial charge in [-0.15, -0.1) is 0 Å². The minimum absolute atomic E-state index is 0.431. The first-order valence-corrected chi connectivity index (χ1v) is 8.31. The van der Waals surface area contributed by atoms with Crippen molar-refractivity contribution >= 4 is 11.8 Å². The number of rotatable bonds is 9. The molecule has 0 aliphatic carbocycles. The van der Waals surface area contributed by atoms with Gasteiger partial charge in [-0.1, -0.05) is 41.5 Å². The number of nitrogens with one attached hydrogen (secondary N) is 1. The zero-order chi connectivity index (χ0) is 13.3. The van der Waals surface area contributed by atoms with Crippen molar-refractivity contribution in [2.75, 3.05) is 24.6 Å². The average molecular weight is 260 g/mol. The van der Waals surface area contributed by atoms with Crippen LogP contribution in [0.3, 0.4) is 0 Å². The molecule has 0 bridgehead atoms. The molecule has 0 aromatic rings. The monoisotopic (exact) mass is 259 g/mol. The van der Waals surface area contributed by atoms with E-state index in [0.717, 1.165) is 18.4 Å². The molecule has 0 aliphatic heterocycles. The van der Waals surface area contributed by atoms with Gasteiger partial charge in [-0.3, -0.25) is 0 Å². The molecule has 0 saturated heterocycles. The summed E-state index contributed by atoms with van der Waals surface area (Å²) in [5.41, 5.74) is 0.431. The van der Waals surface area contributed by atoms with Gasteiger partial charge < -0.3 is 5.32 Å². The lowest BCUT2D eigenvalue weighted by Gasteiger charge is -2.31. The Bertz CT molecular complexity index is 172. The van der Waals surface area contributed by atoms with Crippen molar-refractivity contribution < 1.29 is 0 Å². The molecule has 0 fully saturated rings. The normalized spacial score (nSPS) is 14.3. The van der Waals surface area contributed by atoms with Crippen LogP contribution in [0.1, 0.15) is 54.4 Å². The Labute approximate surface area is 114 Å². The average Bonchev–Trinajstić information content (AvgIpc) is 2.19. The molecule has 0 aliphatic rings. The second-order valence-electron chi connectivity index (χ2n) is 6.45. The summed E-state index contributed by atoms with van der Waals surface area (Å²) in [6, 6.07) is 0. The second kappa shape index (κ2) is 9.27. The zero-order valence-corrected chi connectivity index (χ0v) is 13.6. The first kappa shape index (κ1) is 17.3. The van der Waals surface area contributed by atoms with Crippen LogP contribution in [0, 0.1) is 17.3 Å². The maximum atomic E-state index is 3.63. The van der Waals surface area contributed by atoms with Crippen molar-refractivity contribution in [3.05, 3.63) is 0 Å². The van der Waals surface area contributed by atoms with Crippen molar-refractivity contribution in [2.45, 2.75) is 54.4 Å². The lowest BCUT2D eigenvalue weighted by atomic mass is 9.78. The van der Waals surface area contributed by atoms with Crippen LogP contribution in [0.5, 0.6) is 0 Å². The number of thioether (sulfide) groups is 1. The van der Waals surface area contributed by atoms with Crippen LogP contribution in [0.2, 0.25) is 0 Å². The second-order valence-corrected chi connectivity index (χ2v) is 7.85. The molecule has 17 heavy (non-hydrogen) atoms. The summed E-state index contributed by atoms with van der Waals surface area (Å²) < 4.78 is 0. The molecule has 0 aromatic carbocycles. The molecule has 0 amide bonds. The molecule has 1 nitrogen and oxygen atoms in total. The first-order valence-electron chi connectivity index (χ1n) is 7.16. The summed E-state index contributed by atoms with van der Waals surface area (Å²) >= 11 is 2.07. The zero-order valence-electron chi connectivity index (χ0n) is 12.8. The minimum Gasteiger partial charge on any atom is -0.316 e. The maximum absolute atomic E-state index is 3.63. The molecule has 0 radical (unpaired) electrons. The predicted molar refractivity (Wildman–Crippen MR) is 82.9 cm³/mol. The minimum atomic E-state index is 0.431. The molecule has 0 spiro atoms. The van der Waals surface area contributed by atoms with Gasteiger partial charge in [0.25, 0.3) is 0 Å². The quantitative estimate of drug-likeness (QED) is 0.615. The molecule has 1 atom stereocenters. The van der Waals surface area contributed by atoms with Crippen LogP contribution in [-0.4, -0.2) is 24.6 Å². The summed E-state index contributed by atoms with van der Waals surface area (Å²) in [6.07, 6.45) is 2.73. The van der Waals surface area contributed by atoms with E-state index in [1.807, 2.05) is 0 Å².